The Balaban J connectivity index is 2.37. The number of hydrogen-bond donors (Lipinski definition) is 0. The van der Waals surface area contributed by atoms with Crippen LogP contribution in [-0.2, 0) is 9.31 Å². The first-order chi connectivity index (χ1) is 13.0. The van der Waals surface area contributed by atoms with Crippen molar-refractivity contribution in [2.24, 2.45) is 5.92 Å². The summed E-state index contributed by atoms with van der Waals surface area (Å²) in [7, 11) is -1.99. The quantitative estimate of drug-likeness (QED) is 0.448. The fourth-order valence-corrected chi connectivity index (χ4v) is 8.46. The van der Waals surface area contributed by atoms with Crippen LogP contribution in [0.15, 0.2) is 42.4 Å². The molecule has 1 fully saturated rings. The molecule has 0 radical (unpaired) electrons. The highest BCUT2D eigenvalue weighted by molar-refractivity contribution is 6.91. The third-order valence-electron chi connectivity index (χ3n) is 7.16. The molecular formula is C24H41BO2Si. The molecule has 0 amide bonds. The first kappa shape index (κ1) is 23.4. The molecule has 4 heteroatoms. The molecule has 0 bridgehead atoms. The van der Waals surface area contributed by atoms with Gasteiger partial charge in [-0.3, -0.25) is 0 Å². The third kappa shape index (κ3) is 4.66. The van der Waals surface area contributed by atoms with E-state index in [1.807, 2.05) is 0 Å². The van der Waals surface area contributed by atoms with Crippen LogP contribution >= 0.6 is 0 Å². The van der Waals surface area contributed by atoms with Crippen LogP contribution in [0.3, 0.4) is 0 Å². The van der Waals surface area contributed by atoms with Crippen molar-refractivity contribution in [1.82, 2.24) is 0 Å². The van der Waals surface area contributed by atoms with Crippen LogP contribution < -0.4 is 5.19 Å². The molecule has 1 saturated heterocycles. The van der Waals surface area contributed by atoms with E-state index in [0.717, 1.165) is 18.3 Å². The van der Waals surface area contributed by atoms with Crippen LogP contribution in [0.4, 0.5) is 0 Å². The lowest BCUT2D eigenvalue weighted by Gasteiger charge is -2.40. The second-order valence-electron chi connectivity index (χ2n) is 10.0. The summed E-state index contributed by atoms with van der Waals surface area (Å²) in [6.45, 7) is 22.7. The predicted molar refractivity (Wildman–Crippen MR) is 126 cm³/mol. The summed E-state index contributed by atoms with van der Waals surface area (Å²) >= 11 is 0. The van der Waals surface area contributed by atoms with Gasteiger partial charge in [-0.15, -0.1) is 6.58 Å². The van der Waals surface area contributed by atoms with Crippen molar-refractivity contribution in [2.75, 3.05) is 0 Å². The standard InChI is InChI=1S/C24H41BO2Si/c1-10-15-21(19(3)25-26-23(4,5)24(6,7)27-25)22(16-11-2)28(8,9)20-17-13-12-14-18-20/h12-14,17-18,21-22H,3,10-11,15-16H2,1-2,4-9H3/t21-,22-/m0/s1. The van der Waals surface area contributed by atoms with Crippen molar-refractivity contribution in [3.8, 4) is 0 Å². The molecule has 156 valence electrons. The van der Waals surface area contributed by atoms with Crippen LogP contribution in [0.5, 0.6) is 0 Å². The molecule has 0 spiro atoms. The van der Waals surface area contributed by atoms with E-state index < -0.39 is 8.07 Å². The van der Waals surface area contributed by atoms with Crippen LogP contribution in [-0.4, -0.2) is 26.4 Å². The first-order valence-corrected chi connectivity index (χ1v) is 14.2. The third-order valence-corrected chi connectivity index (χ3v) is 11.5. The highest BCUT2D eigenvalue weighted by Crippen LogP contribution is 2.45. The van der Waals surface area contributed by atoms with Crippen molar-refractivity contribution in [1.29, 1.82) is 0 Å². The molecular weight excluding hydrogens is 359 g/mol. The minimum atomic E-state index is -1.69. The van der Waals surface area contributed by atoms with E-state index in [1.54, 1.807) is 0 Å². The molecule has 0 aliphatic carbocycles. The van der Waals surface area contributed by atoms with Crippen molar-refractivity contribution in [3.63, 3.8) is 0 Å². The summed E-state index contributed by atoms with van der Waals surface area (Å²) in [5.41, 5.74) is 1.15. The molecule has 0 N–H and O–H groups in total. The van der Waals surface area contributed by atoms with Crippen LogP contribution in [0, 0.1) is 5.92 Å². The van der Waals surface area contributed by atoms with E-state index in [9.17, 15) is 0 Å². The molecule has 28 heavy (non-hydrogen) atoms. The van der Waals surface area contributed by atoms with E-state index in [1.165, 1.54) is 18.0 Å². The van der Waals surface area contributed by atoms with Gasteiger partial charge in [0.15, 0.2) is 0 Å². The Hall–Kier alpha value is -0.838. The van der Waals surface area contributed by atoms with E-state index in [-0.39, 0.29) is 18.3 Å². The van der Waals surface area contributed by atoms with Gasteiger partial charge in [0.25, 0.3) is 0 Å². The second-order valence-corrected chi connectivity index (χ2v) is 14.8. The molecule has 0 unspecified atom stereocenters. The fourth-order valence-electron chi connectivity index (χ4n) is 4.58. The first-order valence-electron chi connectivity index (χ1n) is 11.1. The minimum absolute atomic E-state index is 0.304. The zero-order valence-electron chi connectivity index (χ0n) is 19.5. The Morgan fingerprint density at radius 1 is 0.964 bits per heavy atom. The lowest BCUT2D eigenvalue weighted by molar-refractivity contribution is 0.00578. The van der Waals surface area contributed by atoms with Gasteiger partial charge >= 0.3 is 7.12 Å². The molecule has 1 aromatic rings. The average molecular weight is 400 g/mol. The van der Waals surface area contributed by atoms with Crippen molar-refractivity contribution in [3.05, 3.63) is 42.4 Å². The summed E-state index contributed by atoms with van der Waals surface area (Å²) in [5.74, 6) is 0.432. The predicted octanol–water partition coefficient (Wildman–Crippen LogP) is 6.38. The van der Waals surface area contributed by atoms with Crippen LogP contribution in [0.2, 0.25) is 18.6 Å². The van der Waals surface area contributed by atoms with Gasteiger partial charge in [0.2, 0.25) is 0 Å². The molecule has 1 heterocycles. The zero-order valence-corrected chi connectivity index (χ0v) is 20.5. The Morgan fingerprint density at radius 2 is 1.46 bits per heavy atom. The van der Waals surface area contributed by atoms with E-state index in [4.69, 9.17) is 9.31 Å². The number of benzene rings is 1. The molecule has 2 rings (SSSR count). The molecule has 2 nitrogen and oxygen atoms in total. The van der Waals surface area contributed by atoms with Gasteiger partial charge < -0.3 is 9.31 Å². The van der Waals surface area contributed by atoms with E-state index >= 15 is 0 Å². The SMILES string of the molecule is C=C(B1OC(C)(C)C(C)(C)O1)[C@H](CCC)[C@H](CCC)[Si](C)(C)c1ccccc1. The summed E-state index contributed by atoms with van der Waals surface area (Å²) in [6.07, 6.45) is 4.74. The maximum atomic E-state index is 6.39. The largest absolute Gasteiger partial charge is 0.490 e. The van der Waals surface area contributed by atoms with Gasteiger partial charge in [0, 0.05) is 0 Å². The molecule has 1 aliphatic rings. The number of allylic oxidation sites excluding steroid dienone is 1. The second kappa shape index (κ2) is 8.89. The van der Waals surface area contributed by atoms with Gasteiger partial charge in [-0.25, -0.2) is 0 Å². The Kier molecular flexibility index (Phi) is 7.44. The molecule has 2 atom stereocenters. The normalized spacial score (nSPS) is 20.8. The summed E-state index contributed by atoms with van der Waals surface area (Å²) in [4.78, 5) is 0. The Morgan fingerprint density at radius 3 is 1.93 bits per heavy atom. The smallest absolute Gasteiger partial charge is 0.400 e. The maximum absolute atomic E-state index is 6.39. The van der Waals surface area contributed by atoms with Gasteiger partial charge in [-0.1, -0.05) is 81.7 Å². The topological polar surface area (TPSA) is 18.5 Å². The maximum Gasteiger partial charge on any atom is 0.490 e. The van der Waals surface area contributed by atoms with Gasteiger partial charge in [-0.2, -0.15) is 0 Å². The Bertz CT molecular complexity index is 638. The average Bonchev–Trinajstić information content (AvgIpc) is 2.85. The zero-order chi connectivity index (χ0) is 21.2. The summed E-state index contributed by atoms with van der Waals surface area (Å²) in [5, 5.41) is 1.54. The number of rotatable bonds is 9. The molecule has 1 aromatic carbocycles. The lowest BCUT2D eigenvalue weighted by Crippen LogP contribution is -2.49. The minimum Gasteiger partial charge on any atom is -0.400 e. The van der Waals surface area contributed by atoms with Gasteiger partial charge in [0.1, 0.15) is 0 Å². The van der Waals surface area contributed by atoms with Crippen LogP contribution in [0.1, 0.15) is 67.2 Å². The molecule has 0 saturated carbocycles. The van der Waals surface area contributed by atoms with Crippen molar-refractivity contribution in [2.45, 2.75) is 97.1 Å². The highest BCUT2D eigenvalue weighted by atomic mass is 28.3. The summed E-state index contributed by atoms with van der Waals surface area (Å²) in [6, 6.07) is 11.1. The molecule has 0 aromatic heterocycles. The monoisotopic (exact) mass is 400 g/mol. The lowest BCUT2D eigenvalue weighted by atomic mass is 9.69. The summed E-state index contributed by atoms with van der Waals surface area (Å²) < 4.78 is 12.8. The van der Waals surface area contributed by atoms with Crippen molar-refractivity contribution >= 4 is 20.4 Å². The van der Waals surface area contributed by atoms with Crippen molar-refractivity contribution < 1.29 is 9.31 Å². The van der Waals surface area contributed by atoms with E-state index in [2.05, 4.69) is 91.5 Å². The van der Waals surface area contributed by atoms with E-state index in [0.29, 0.717) is 11.5 Å². The number of hydrogen-bond acceptors (Lipinski definition) is 2. The van der Waals surface area contributed by atoms with Gasteiger partial charge in [0.05, 0.1) is 19.3 Å². The Labute approximate surface area is 175 Å². The fraction of sp³-hybridized carbons (Fsp3) is 0.667. The van der Waals surface area contributed by atoms with Crippen LogP contribution in [0.25, 0.3) is 0 Å². The highest BCUT2D eigenvalue weighted by Gasteiger charge is 2.54. The van der Waals surface area contributed by atoms with Gasteiger partial charge in [-0.05, 0) is 51.0 Å². The molecule has 1 aliphatic heterocycles.